The third kappa shape index (κ3) is 3.18. The first-order valence-electron chi connectivity index (χ1n) is 6.36. The van der Waals surface area contributed by atoms with Gasteiger partial charge < -0.3 is 10.9 Å². The molecule has 1 saturated heterocycles. The molecular weight excluding hydrogens is 268 g/mol. The molecule has 0 atom stereocenters. The van der Waals surface area contributed by atoms with Crippen LogP contribution in [0, 0.1) is 0 Å². The zero-order chi connectivity index (χ0) is 14.8. The van der Waals surface area contributed by atoms with Crippen LogP contribution in [0.15, 0.2) is 5.16 Å². The molecule has 0 unspecified atom stereocenters. The van der Waals surface area contributed by atoms with Crippen LogP contribution in [-0.4, -0.2) is 65.6 Å². The summed E-state index contributed by atoms with van der Waals surface area (Å²) in [7, 11) is -3.20. The number of rotatable bonds is 4. The molecule has 112 valence electrons. The number of nitrogens with zero attached hydrogens (tertiary/aromatic N) is 3. The molecule has 8 heteroatoms. The van der Waals surface area contributed by atoms with E-state index in [9.17, 15) is 8.42 Å². The molecule has 0 amide bonds. The number of nitrogens with two attached hydrogens (primary N) is 1. The van der Waals surface area contributed by atoms with E-state index in [4.69, 9.17) is 10.9 Å². The Balaban J connectivity index is 2.74. The van der Waals surface area contributed by atoms with Gasteiger partial charge in [0.15, 0.2) is 5.84 Å². The Morgan fingerprint density at radius 3 is 2.11 bits per heavy atom. The maximum atomic E-state index is 12.1. The lowest BCUT2D eigenvalue weighted by Gasteiger charge is -2.43. The normalized spacial score (nSPS) is 21.0. The van der Waals surface area contributed by atoms with Crippen LogP contribution in [0.3, 0.4) is 0 Å². The van der Waals surface area contributed by atoms with Crippen LogP contribution in [0.2, 0.25) is 0 Å². The molecule has 0 aromatic carbocycles. The molecule has 7 nitrogen and oxygen atoms in total. The average Bonchev–Trinajstić information content (AvgIpc) is 2.37. The summed E-state index contributed by atoms with van der Waals surface area (Å²) in [6, 6.07) is 0. The van der Waals surface area contributed by atoms with Crippen molar-refractivity contribution in [3.8, 4) is 0 Å². The summed E-state index contributed by atoms with van der Waals surface area (Å²) in [6.45, 7) is 9.07. The van der Waals surface area contributed by atoms with E-state index in [1.54, 1.807) is 13.8 Å². The smallest absolute Gasteiger partial charge is 0.216 e. The van der Waals surface area contributed by atoms with Crippen LogP contribution in [0.1, 0.15) is 27.7 Å². The van der Waals surface area contributed by atoms with Crippen molar-refractivity contribution in [2.75, 3.05) is 26.2 Å². The number of amidine groups is 1. The van der Waals surface area contributed by atoms with Crippen LogP contribution >= 0.6 is 0 Å². The van der Waals surface area contributed by atoms with Gasteiger partial charge in [-0.3, -0.25) is 4.90 Å². The van der Waals surface area contributed by atoms with Gasteiger partial charge in [-0.1, -0.05) is 5.16 Å². The topological polar surface area (TPSA) is 99.2 Å². The lowest BCUT2D eigenvalue weighted by molar-refractivity contribution is 0.118. The predicted octanol–water partition coefficient (Wildman–Crippen LogP) is -0.133. The third-order valence-electron chi connectivity index (χ3n) is 3.72. The van der Waals surface area contributed by atoms with Crippen molar-refractivity contribution in [2.24, 2.45) is 10.9 Å². The minimum Gasteiger partial charge on any atom is -0.409 e. The summed E-state index contributed by atoms with van der Waals surface area (Å²) in [4.78, 5) is 2.02. The summed E-state index contributed by atoms with van der Waals surface area (Å²) in [6.07, 6.45) is 0. The van der Waals surface area contributed by atoms with Crippen molar-refractivity contribution in [2.45, 2.75) is 38.5 Å². The minimum absolute atomic E-state index is 0.132. The van der Waals surface area contributed by atoms with Crippen molar-refractivity contribution < 1.29 is 13.6 Å². The quantitative estimate of drug-likeness (QED) is 0.325. The molecule has 1 rings (SSSR count). The highest BCUT2D eigenvalue weighted by atomic mass is 32.2. The van der Waals surface area contributed by atoms with Crippen molar-refractivity contribution in [3.05, 3.63) is 0 Å². The van der Waals surface area contributed by atoms with Gasteiger partial charge in [0.2, 0.25) is 10.0 Å². The van der Waals surface area contributed by atoms with Gasteiger partial charge in [0, 0.05) is 26.2 Å². The monoisotopic (exact) mass is 292 g/mol. The van der Waals surface area contributed by atoms with Gasteiger partial charge in [-0.2, -0.15) is 4.31 Å². The van der Waals surface area contributed by atoms with Gasteiger partial charge in [-0.25, -0.2) is 8.42 Å². The number of hydrogen-bond donors (Lipinski definition) is 2. The Labute approximate surface area is 115 Å². The van der Waals surface area contributed by atoms with E-state index in [-0.39, 0.29) is 5.84 Å². The number of piperazine rings is 1. The summed E-state index contributed by atoms with van der Waals surface area (Å²) in [5.74, 6) is 0.132. The maximum Gasteiger partial charge on any atom is 0.216 e. The van der Waals surface area contributed by atoms with Crippen LogP contribution in [0.5, 0.6) is 0 Å². The fourth-order valence-corrected chi connectivity index (χ4v) is 3.35. The molecule has 0 aromatic rings. The molecule has 0 bridgehead atoms. The third-order valence-corrected chi connectivity index (χ3v) is 6.00. The first kappa shape index (κ1) is 16.2. The van der Waals surface area contributed by atoms with E-state index in [1.807, 2.05) is 18.7 Å². The van der Waals surface area contributed by atoms with E-state index in [0.29, 0.717) is 26.2 Å². The van der Waals surface area contributed by atoms with Crippen molar-refractivity contribution in [1.82, 2.24) is 9.21 Å². The van der Waals surface area contributed by atoms with E-state index in [1.165, 1.54) is 4.31 Å². The zero-order valence-corrected chi connectivity index (χ0v) is 12.8. The van der Waals surface area contributed by atoms with Gasteiger partial charge in [0.25, 0.3) is 0 Å². The van der Waals surface area contributed by atoms with Gasteiger partial charge in [0.05, 0.1) is 10.8 Å². The Morgan fingerprint density at radius 2 is 1.74 bits per heavy atom. The number of hydrogen-bond acceptors (Lipinski definition) is 5. The summed E-state index contributed by atoms with van der Waals surface area (Å²) < 4.78 is 25.6. The Bertz CT molecular complexity index is 437. The standard InChI is InChI=1S/C11H24N4O3S/c1-9(2)19(17,18)15-7-5-14(6-8-15)11(3,4)10(12)13-16/h9,16H,5-8H2,1-4H3,(H2,12,13). The van der Waals surface area contributed by atoms with Crippen molar-refractivity contribution in [3.63, 3.8) is 0 Å². The number of sulfonamides is 1. The highest BCUT2D eigenvalue weighted by Gasteiger charge is 2.36. The second-order valence-electron chi connectivity index (χ2n) is 5.52. The van der Waals surface area contributed by atoms with Crippen LogP contribution in [-0.2, 0) is 10.0 Å². The fourth-order valence-electron chi connectivity index (χ4n) is 2.08. The lowest BCUT2D eigenvalue weighted by Crippen LogP contribution is -2.60. The maximum absolute atomic E-state index is 12.1. The second kappa shape index (κ2) is 5.64. The highest BCUT2D eigenvalue weighted by molar-refractivity contribution is 7.89. The van der Waals surface area contributed by atoms with Gasteiger partial charge in [-0.15, -0.1) is 0 Å². The Morgan fingerprint density at radius 1 is 1.26 bits per heavy atom. The van der Waals surface area contributed by atoms with Gasteiger partial charge in [0.1, 0.15) is 0 Å². The fraction of sp³-hybridized carbons (Fsp3) is 0.909. The molecule has 0 radical (unpaired) electrons. The largest absolute Gasteiger partial charge is 0.409 e. The predicted molar refractivity (Wildman–Crippen MR) is 74.7 cm³/mol. The van der Waals surface area contributed by atoms with Crippen LogP contribution < -0.4 is 5.73 Å². The Hall–Kier alpha value is -0.860. The van der Waals surface area contributed by atoms with E-state index >= 15 is 0 Å². The second-order valence-corrected chi connectivity index (χ2v) is 8.01. The molecular formula is C11H24N4O3S. The summed E-state index contributed by atoms with van der Waals surface area (Å²) >= 11 is 0. The molecule has 1 fully saturated rings. The molecule has 0 aliphatic carbocycles. The molecule has 1 aliphatic heterocycles. The van der Waals surface area contributed by atoms with Crippen LogP contribution in [0.25, 0.3) is 0 Å². The van der Waals surface area contributed by atoms with Crippen LogP contribution in [0.4, 0.5) is 0 Å². The SMILES string of the molecule is CC(C)S(=O)(=O)N1CCN(C(C)(C)C(N)=NO)CC1. The van der Waals surface area contributed by atoms with E-state index in [0.717, 1.165) is 0 Å². The molecule has 1 aliphatic rings. The van der Waals surface area contributed by atoms with E-state index < -0.39 is 20.8 Å². The van der Waals surface area contributed by atoms with Crippen molar-refractivity contribution in [1.29, 1.82) is 0 Å². The number of oxime groups is 1. The molecule has 3 N–H and O–H groups in total. The first-order chi connectivity index (χ1) is 8.64. The molecule has 0 saturated carbocycles. The summed E-state index contributed by atoms with van der Waals surface area (Å²) in [5.41, 5.74) is 5.10. The molecule has 19 heavy (non-hydrogen) atoms. The highest BCUT2D eigenvalue weighted by Crippen LogP contribution is 2.19. The van der Waals surface area contributed by atoms with Gasteiger partial charge >= 0.3 is 0 Å². The molecule has 0 spiro atoms. The molecule has 1 heterocycles. The van der Waals surface area contributed by atoms with Crippen molar-refractivity contribution >= 4 is 15.9 Å². The molecule has 0 aromatic heterocycles. The lowest BCUT2D eigenvalue weighted by atomic mass is 10.0. The first-order valence-corrected chi connectivity index (χ1v) is 7.86. The minimum atomic E-state index is -3.20. The Kier molecular flexibility index (Phi) is 4.81. The van der Waals surface area contributed by atoms with E-state index in [2.05, 4.69) is 5.16 Å². The average molecular weight is 292 g/mol. The van der Waals surface area contributed by atoms with Gasteiger partial charge in [-0.05, 0) is 27.7 Å². The zero-order valence-electron chi connectivity index (χ0n) is 12.0. The summed E-state index contributed by atoms with van der Waals surface area (Å²) in [5, 5.41) is 11.4.